The van der Waals surface area contributed by atoms with Crippen LogP contribution >= 0.6 is 0 Å². The van der Waals surface area contributed by atoms with E-state index in [1.807, 2.05) is 6.07 Å². The van der Waals surface area contributed by atoms with E-state index < -0.39 is 0 Å². The van der Waals surface area contributed by atoms with Gasteiger partial charge in [-0.3, -0.25) is 9.78 Å². The predicted molar refractivity (Wildman–Crippen MR) is 82.8 cm³/mol. The number of carbonyl (C=O) groups excluding carboxylic acids is 1. The van der Waals surface area contributed by atoms with Crippen LogP contribution in [0.1, 0.15) is 45.9 Å². The normalized spacial score (nSPS) is 13.9. The zero-order chi connectivity index (χ0) is 15.0. The van der Waals surface area contributed by atoms with Gasteiger partial charge in [0.2, 0.25) is 5.78 Å². The number of hydrogen-bond donors (Lipinski definition) is 3. The molecule has 0 atom stereocenters. The molecule has 0 saturated heterocycles. The number of nitrogen functional groups attached to an aromatic ring is 2. The second-order valence-electron chi connectivity index (χ2n) is 5.26. The van der Waals surface area contributed by atoms with Gasteiger partial charge in [0.25, 0.3) is 0 Å². The van der Waals surface area contributed by atoms with Gasteiger partial charge in [0.1, 0.15) is 5.69 Å². The Labute approximate surface area is 122 Å². The number of carbonyl (C=O) groups is 1. The molecule has 0 unspecified atom stereocenters. The zero-order valence-electron chi connectivity index (χ0n) is 11.5. The van der Waals surface area contributed by atoms with E-state index in [1.165, 1.54) is 0 Å². The molecule has 0 amide bonds. The van der Waals surface area contributed by atoms with Gasteiger partial charge in [0, 0.05) is 29.2 Å². The van der Waals surface area contributed by atoms with Crippen LogP contribution in [0.4, 0.5) is 11.4 Å². The first-order chi connectivity index (χ1) is 10.1. The summed E-state index contributed by atoms with van der Waals surface area (Å²) < 4.78 is 0. The molecule has 0 radical (unpaired) electrons. The van der Waals surface area contributed by atoms with Crippen molar-refractivity contribution in [2.75, 3.05) is 11.5 Å². The van der Waals surface area contributed by atoms with Gasteiger partial charge in [-0.25, -0.2) is 0 Å². The number of aromatic nitrogens is 1. The van der Waals surface area contributed by atoms with E-state index in [-0.39, 0.29) is 11.5 Å². The molecule has 1 aliphatic rings. The van der Waals surface area contributed by atoms with Crippen LogP contribution in [0.25, 0.3) is 0 Å². The second kappa shape index (κ2) is 5.01. The Morgan fingerprint density at radius 3 is 2.67 bits per heavy atom. The number of benzene rings is 1. The van der Waals surface area contributed by atoms with Crippen LogP contribution in [0.3, 0.4) is 0 Å². The number of ketones is 1. The monoisotopic (exact) mass is 280 g/mol. The lowest BCUT2D eigenvalue weighted by Crippen LogP contribution is -2.12. The van der Waals surface area contributed by atoms with Gasteiger partial charge in [-0.1, -0.05) is 12.1 Å². The van der Waals surface area contributed by atoms with E-state index >= 15 is 0 Å². The molecule has 3 rings (SSSR count). The molecule has 5 N–H and O–H groups in total. The fourth-order valence-corrected chi connectivity index (χ4v) is 2.40. The Hall–Kier alpha value is -2.69. The first kappa shape index (κ1) is 13.3. The molecule has 0 spiro atoms. The number of rotatable bonds is 4. The molecule has 0 bridgehead atoms. The molecule has 106 valence electrons. The Kier molecular flexibility index (Phi) is 3.17. The van der Waals surface area contributed by atoms with E-state index in [1.54, 1.807) is 24.4 Å². The second-order valence-corrected chi connectivity index (χ2v) is 5.26. The van der Waals surface area contributed by atoms with Crippen molar-refractivity contribution in [3.8, 4) is 0 Å². The minimum Gasteiger partial charge on any atom is -0.398 e. The number of pyridine rings is 1. The van der Waals surface area contributed by atoms with Crippen LogP contribution in [-0.2, 0) is 0 Å². The summed E-state index contributed by atoms with van der Waals surface area (Å²) in [6, 6.07) is 6.80. The smallest absolute Gasteiger partial charge is 0.214 e. The van der Waals surface area contributed by atoms with E-state index in [0.717, 1.165) is 24.6 Å². The van der Waals surface area contributed by atoms with E-state index in [0.29, 0.717) is 28.4 Å². The molecule has 1 aromatic heterocycles. The number of nitrogens with zero attached hydrogens (tertiary/aromatic N) is 1. The molecule has 1 fully saturated rings. The van der Waals surface area contributed by atoms with Crippen LogP contribution in [0.2, 0.25) is 0 Å². The average Bonchev–Trinajstić information content (AvgIpc) is 3.31. The summed E-state index contributed by atoms with van der Waals surface area (Å²) >= 11 is 0. The van der Waals surface area contributed by atoms with Gasteiger partial charge in [0.05, 0.1) is 5.69 Å². The first-order valence-electron chi connectivity index (χ1n) is 6.81. The highest BCUT2D eigenvalue weighted by Crippen LogP contribution is 2.40. The fourth-order valence-electron chi connectivity index (χ4n) is 2.40. The Balaban J connectivity index is 2.02. The van der Waals surface area contributed by atoms with E-state index in [9.17, 15) is 4.79 Å². The SMILES string of the molecule is N=Cc1c(N)cccc1C(=O)c1ncc(C2CC2)cc1N. The van der Waals surface area contributed by atoms with Gasteiger partial charge in [-0.2, -0.15) is 0 Å². The number of hydrogen-bond acceptors (Lipinski definition) is 5. The molecule has 1 aromatic carbocycles. The van der Waals surface area contributed by atoms with Gasteiger partial charge >= 0.3 is 0 Å². The number of nitrogens with one attached hydrogen (secondary N) is 1. The van der Waals surface area contributed by atoms with Crippen molar-refractivity contribution in [3.05, 3.63) is 52.8 Å². The van der Waals surface area contributed by atoms with Gasteiger partial charge in [-0.15, -0.1) is 0 Å². The number of nitrogens with two attached hydrogens (primary N) is 2. The summed E-state index contributed by atoms with van der Waals surface area (Å²) in [6.45, 7) is 0. The van der Waals surface area contributed by atoms with Crippen molar-refractivity contribution >= 4 is 23.4 Å². The molecule has 1 heterocycles. The summed E-state index contributed by atoms with van der Waals surface area (Å²) in [5.74, 6) is 0.231. The van der Waals surface area contributed by atoms with Crippen molar-refractivity contribution in [3.63, 3.8) is 0 Å². The lowest BCUT2D eigenvalue weighted by molar-refractivity contribution is 0.103. The van der Waals surface area contributed by atoms with Crippen LogP contribution in [0.5, 0.6) is 0 Å². The lowest BCUT2D eigenvalue weighted by Gasteiger charge is -2.09. The Bertz CT molecular complexity index is 735. The summed E-state index contributed by atoms with van der Waals surface area (Å²) in [7, 11) is 0. The van der Waals surface area contributed by atoms with Crippen LogP contribution in [0.15, 0.2) is 30.5 Å². The number of anilines is 2. The van der Waals surface area contributed by atoms with Crippen molar-refractivity contribution in [2.24, 2.45) is 0 Å². The molecule has 0 aliphatic heterocycles. The van der Waals surface area contributed by atoms with Crippen LogP contribution in [-0.4, -0.2) is 17.0 Å². The van der Waals surface area contributed by atoms with E-state index in [2.05, 4.69) is 4.98 Å². The molecule has 2 aromatic rings. The molecule has 5 nitrogen and oxygen atoms in total. The summed E-state index contributed by atoms with van der Waals surface area (Å²) in [6.07, 6.45) is 5.11. The largest absolute Gasteiger partial charge is 0.398 e. The zero-order valence-corrected chi connectivity index (χ0v) is 11.5. The van der Waals surface area contributed by atoms with E-state index in [4.69, 9.17) is 16.9 Å². The molecule has 21 heavy (non-hydrogen) atoms. The average molecular weight is 280 g/mol. The Morgan fingerprint density at radius 2 is 2.05 bits per heavy atom. The third-order valence-electron chi connectivity index (χ3n) is 3.73. The highest BCUT2D eigenvalue weighted by Gasteiger charge is 2.25. The van der Waals surface area contributed by atoms with Gasteiger partial charge in [0.15, 0.2) is 0 Å². The molecular weight excluding hydrogens is 264 g/mol. The van der Waals surface area contributed by atoms with Gasteiger partial charge in [-0.05, 0) is 36.5 Å². The molecule has 1 saturated carbocycles. The molecule has 5 heteroatoms. The maximum Gasteiger partial charge on any atom is 0.214 e. The summed E-state index contributed by atoms with van der Waals surface area (Å²) in [4.78, 5) is 16.8. The minimum atomic E-state index is -0.305. The van der Waals surface area contributed by atoms with Crippen LogP contribution in [0, 0.1) is 5.41 Å². The maximum absolute atomic E-state index is 12.6. The third kappa shape index (κ3) is 2.38. The highest BCUT2D eigenvalue weighted by atomic mass is 16.1. The summed E-state index contributed by atoms with van der Waals surface area (Å²) in [5, 5.41) is 7.42. The third-order valence-corrected chi connectivity index (χ3v) is 3.73. The van der Waals surface area contributed by atoms with Gasteiger partial charge < -0.3 is 16.9 Å². The quantitative estimate of drug-likeness (QED) is 0.454. The predicted octanol–water partition coefficient (Wildman–Crippen LogP) is 2.35. The highest BCUT2D eigenvalue weighted by molar-refractivity contribution is 6.15. The first-order valence-corrected chi connectivity index (χ1v) is 6.81. The standard InChI is InChI=1S/C16H16N4O/c17-7-12-11(2-1-3-13(12)18)16(21)15-14(19)6-10(8-20-15)9-4-5-9/h1-3,6-9,17H,4-5,18-19H2. The van der Waals surface area contributed by atoms with Crippen molar-refractivity contribution in [2.45, 2.75) is 18.8 Å². The maximum atomic E-state index is 12.6. The summed E-state index contributed by atoms with van der Waals surface area (Å²) in [5.41, 5.74) is 14.6. The minimum absolute atomic E-state index is 0.216. The van der Waals surface area contributed by atoms with Crippen molar-refractivity contribution in [1.82, 2.24) is 4.98 Å². The van der Waals surface area contributed by atoms with Crippen LogP contribution < -0.4 is 11.5 Å². The van der Waals surface area contributed by atoms with Crippen molar-refractivity contribution < 1.29 is 4.79 Å². The molecule has 1 aliphatic carbocycles. The molecular formula is C16H16N4O. The topological polar surface area (TPSA) is 106 Å². The fraction of sp³-hybridized carbons (Fsp3) is 0.188. The van der Waals surface area contributed by atoms with Crippen molar-refractivity contribution in [1.29, 1.82) is 5.41 Å². The Morgan fingerprint density at radius 1 is 1.29 bits per heavy atom. The lowest BCUT2D eigenvalue weighted by atomic mass is 9.99.